The van der Waals surface area contributed by atoms with Crippen LogP contribution in [0.15, 0.2) is 61.4 Å². The highest BCUT2D eigenvalue weighted by Gasteiger charge is 2.13. The highest BCUT2D eigenvalue weighted by atomic mass is 79.9. The number of halogens is 2. The second-order valence-electron chi connectivity index (χ2n) is 5.31. The molecule has 0 amide bonds. The molecule has 3 aromatic rings. The summed E-state index contributed by atoms with van der Waals surface area (Å²) in [5.74, 6) is 1.01. The van der Waals surface area contributed by atoms with Crippen LogP contribution in [-0.2, 0) is 0 Å². The zero-order valence-electron chi connectivity index (χ0n) is 14.7. The number of rotatable bonds is 6. The van der Waals surface area contributed by atoms with E-state index in [1.165, 1.54) is 0 Å². The van der Waals surface area contributed by atoms with Gasteiger partial charge in [-0.2, -0.15) is 16.9 Å². The number of hydrogen-bond donors (Lipinski definition) is 1. The van der Waals surface area contributed by atoms with Gasteiger partial charge in [-0.05, 0) is 30.0 Å². The Morgan fingerprint density at radius 1 is 1.22 bits per heavy atom. The molecule has 0 aromatic carbocycles. The first kappa shape index (κ1) is 23.3. The third-order valence-corrected chi connectivity index (χ3v) is 4.60. The van der Waals surface area contributed by atoms with Gasteiger partial charge in [0.05, 0.1) is 23.3 Å². The van der Waals surface area contributed by atoms with Crippen LogP contribution in [0.3, 0.4) is 0 Å². The number of nitrogens with zero attached hydrogens (tertiary/aromatic N) is 4. The molecule has 0 aliphatic heterocycles. The zero-order chi connectivity index (χ0) is 18.8. The van der Waals surface area contributed by atoms with Crippen LogP contribution in [-0.4, -0.2) is 42.9 Å². The molecule has 0 aliphatic rings. The van der Waals surface area contributed by atoms with Gasteiger partial charge in [-0.15, -0.1) is 17.0 Å². The Bertz CT molecular complexity index is 802. The van der Waals surface area contributed by atoms with E-state index in [2.05, 4.69) is 43.3 Å². The van der Waals surface area contributed by atoms with Gasteiger partial charge in [0.2, 0.25) is 0 Å². The Labute approximate surface area is 181 Å². The monoisotopic (exact) mass is 513 g/mol. The number of carbonyl (C=O) groups excluding carboxylic acids is 1. The normalized spacial score (nSPS) is 10.9. The van der Waals surface area contributed by atoms with Crippen LogP contribution in [0.4, 0.5) is 5.69 Å². The minimum absolute atomic E-state index is 0. The molecule has 1 atom stereocenters. The van der Waals surface area contributed by atoms with E-state index in [1.807, 2.05) is 23.1 Å². The van der Waals surface area contributed by atoms with E-state index in [9.17, 15) is 4.79 Å². The molecule has 0 aliphatic carbocycles. The smallest absolute Gasteiger partial charge is 0.174 e. The maximum absolute atomic E-state index is 10.9. The Morgan fingerprint density at radius 2 is 1.93 bits per heavy atom. The Hall–Kier alpha value is -1.71. The lowest BCUT2D eigenvalue weighted by molar-refractivity contribution is 0.102. The number of thioether (sulfide) groups is 1. The molecule has 0 spiro atoms. The van der Waals surface area contributed by atoms with Gasteiger partial charge in [0.25, 0.3) is 0 Å². The molecule has 27 heavy (non-hydrogen) atoms. The second-order valence-corrected chi connectivity index (χ2v) is 6.78. The van der Waals surface area contributed by atoms with Gasteiger partial charge in [0, 0.05) is 42.3 Å². The summed E-state index contributed by atoms with van der Waals surface area (Å²) in [7, 11) is 0. The molecule has 9 heteroatoms. The summed E-state index contributed by atoms with van der Waals surface area (Å²) in [6, 6.07) is 7.69. The third kappa shape index (κ3) is 7.43. The molecule has 3 aromatic heterocycles. The highest BCUT2D eigenvalue weighted by molar-refractivity contribution is 9.09. The van der Waals surface area contributed by atoms with E-state index in [4.69, 9.17) is 5.73 Å². The lowest BCUT2D eigenvalue weighted by atomic mass is 10.1. The molecule has 2 N–H and O–H groups in total. The summed E-state index contributed by atoms with van der Waals surface area (Å²) >= 11 is 4.85. The van der Waals surface area contributed by atoms with Crippen molar-refractivity contribution in [2.24, 2.45) is 0 Å². The number of pyridine rings is 2. The van der Waals surface area contributed by atoms with Crippen molar-refractivity contribution < 1.29 is 4.79 Å². The number of carbonyl (C=O) groups is 1. The van der Waals surface area contributed by atoms with Gasteiger partial charge in [0.1, 0.15) is 0 Å². The molecule has 1 unspecified atom stereocenters. The average molecular weight is 515 g/mol. The number of anilines is 1. The molecular weight excluding hydrogens is 494 g/mol. The van der Waals surface area contributed by atoms with E-state index in [1.54, 1.807) is 48.7 Å². The molecule has 0 saturated carbocycles. The maximum atomic E-state index is 10.9. The zero-order valence-corrected chi connectivity index (χ0v) is 18.8. The number of alkyl halides is 1. The van der Waals surface area contributed by atoms with E-state index in [0.717, 1.165) is 11.3 Å². The number of ketones is 1. The van der Waals surface area contributed by atoms with Crippen LogP contribution >= 0.6 is 44.7 Å². The summed E-state index contributed by atoms with van der Waals surface area (Å²) in [6.45, 7) is 0. The lowest BCUT2D eigenvalue weighted by Crippen LogP contribution is -2.14. The molecule has 0 fully saturated rings. The van der Waals surface area contributed by atoms with Crippen LogP contribution in [0.5, 0.6) is 0 Å². The average Bonchev–Trinajstić information content (AvgIpc) is 3.13. The minimum atomic E-state index is 0. The molecule has 6 nitrogen and oxygen atoms in total. The van der Waals surface area contributed by atoms with Crippen molar-refractivity contribution in [3.63, 3.8) is 0 Å². The first-order chi connectivity index (χ1) is 12.7. The number of Topliss-reactive ketones (excluding diaryl/α,β-unsaturated/α-hetero) is 1. The van der Waals surface area contributed by atoms with Crippen LogP contribution in [0.2, 0.25) is 0 Å². The standard InChI is InChI=1S/C11H14N4S.C7H6BrNO.BrH/c1-16-8-11(9-3-2-4-13-5-9)15-7-10(12)6-14-15;8-4-7(10)6-2-1-3-9-5-6;/h2-7,11H,8,12H2,1H3;1-3,5H,4H2;1H. The Balaban J connectivity index is 0.000000288. The number of nitrogens with two attached hydrogens (primary N) is 1. The minimum Gasteiger partial charge on any atom is -0.396 e. The van der Waals surface area contributed by atoms with E-state index in [-0.39, 0.29) is 28.8 Å². The molecule has 3 rings (SSSR count). The topological polar surface area (TPSA) is 86.7 Å². The van der Waals surface area contributed by atoms with Crippen molar-refractivity contribution in [1.29, 1.82) is 0 Å². The first-order valence-electron chi connectivity index (χ1n) is 7.83. The molecule has 0 radical (unpaired) electrons. The van der Waals surface area contributed by atoms with Gasteiger partial charge in [-0.25, -0.2) is 0 Å². The fourth-order valence-corrected chi connectivity index (χ4v) is 3.17. The highest BCUT2D eigenvalue weighted by Crippen LogP contribution is 2.21. The van der Waals surface area contributed by atoms with Crippen LogP contribution in [0.25, 0.3) is 0 Å². The fraction of sp³-hybridized carbons (Fsp3) is 0.222. The van der Waals surface area contributed by atoms with Gasteiger partial charge < -0.3 is 5.73 Å². The van der Waals surface area contributed by atoms with Crippen LogP contribution in [0, 0.1) is 0 Å². The number of nitrogen functional groups attached to an aromatic ring is 1. The summed E-state index contributed by atoms with van der Waals surface area (Å²) in [6.07, 6.45) is 12.5. The first-order valence-corrected chi connectivity index (χ1v) is 10.3. The van der Waals surface area contributed by atoms with Crippen molar-refractivity contribution in [2.75, 3.05) is 23.1 Å². The number of aromatic nitrogens is 4. The maximum Gasteiger partial charge on any atom is 0.174 e. The van der Waals surface area contributed by atoms with Gasteiger partial charge in [-0.1, -0.05) is 22.0 Å². The fourth-order valence-electron chi connectivity index (χ4n) is 2.18. The van der Waals surface area contributed by atoms with E-state index in [0.29, 0.717) is 16.6 Å². The van der Waals surface area contributed by atoms with Crippen molar-refractivity contribution in [1.82, 2.24) is 19.7 Å². The molecule has 0 bridgehead atoms. The largest absolute Gasteiger partial charge is 0.396 e. The summed E-state index contributed by atoms with van der Waals surface area (Å²) in [4.78, 5) is 18.9. The second kappa shape index (κ2) is 12.6. The van der Waals surface area contributed by atoms with Crippen molar-refractivity contribution in [2.45, 2.75) is 6.04 Å². The third-order valence-electron chi connectivity index (χ3n) is 3.44. The van der Waals surface area contributed by atoms with Gasteiger partial charge in [-0.3, -0.25) is 19.4 Å². The summed E-state index contributed by atoms with van der Waals surface area (Å²) in [5, 5.41) is 4.62. The predicted octanol–water partition coefficient (Wildman–Crippen LogP) is 4.05. The van der Waals surface area contributed by atoms with Crippen LogP contribution in [0.1, 0.15) is 22.0 Å². The Kier molecular flexibility index (Phi) is 10.9. The lowest BCUT2D eigenvalue weighted by Gasteiger charge is -2.16. The SMILES string of the molecule is Br.CSCC(c1cccnc1)n1cc(N)cn1.O=C(CBr)c1cccnc1. The Morgan fingerprint density at radius 3 is 2.41 bits per heavy atom. The molecule has 144 valence electrons. The quantitative estimate of drug-likeness (QED) is 0.394. The van der Waals surface area contributed by atoms with Gasteiger partial charge in [0.15, 0.2) is 5.78 Å². The van der Waals surface area contributed by atoms with Crippen molar-refractivity contribution in [3.8, 4) is 0 Å². The molecule has 0 saturated heterocycles. The number of hydrogen-bond acceptors (Lipinski definition) is 6. The van der Waals surface area contributed by atoms with Gasteiger partial charge >= 0.3 is 0 Å². The predicted molar refractivity (Wildman–Crippen MR) is 120 cm³/mol. The molecular formula is C18H21Br2N5OS. The van der Waals surface area contributed by atoms with Crippen molar-refractivity contribution >= 4 is 56.1 Å². The van der Waals surface area contributed by atoms with Crippen LogP contribution < -0.4 is 5.73 Å². The van der Waals surface area contributed by atoms with Crippen molar-refractivity contribution in [3.05, 3.63) is 72.6 Å². The summed E-state index contributed by atoms with van der Waals surface area (Å²) < 4.78 is 1.89. The molecule has 3 heterocycles. The van der Waals surface area contributed by atoms with E-state index < -0.39 is 0 Å². The summed E-state index contributed by atoms with van der Waals surface area (Å²) in [5.41, 5.74) is 8.18. The van der Waals surface area contributed by atoms with E-state index >= 15 is 0 Å².